The van der Waals surface area contributed by atoms with Gasteiger partial charge < -0.3 is 5.32 Å². The lowest BCUT2D eigenvalue weighted by Gasteiger charge is -2.30. The molecule has 21 heavy (non-hydrogen) atoms. The molecule has 0 aliphatic carbocycles. The Morgan fingerprint density at radius 3 is 2.67 bits per heavy atom. The van der Waals surface area contributed by atoms with Crippen LogP contribution in [0.15, 0.2) is 23.1 Å². The van der Waals surface area contributed by atoms with Crippen molar-refractivity contribution < 1.29 is 18.0 Å². The lowest BCUT2D eigenvalue weighted by Crippen LogP contribution is -2.58. The van der Waals surface area contributed by atoms with Gasteiger partial charge in [0.2, 0.25) is 21.8 Å². The maximum Gasteiger partial charge on any atom is 0.244 e. The van der Waals surface area contributed by atoms with E-state index in [2.05, 4.69) is 10.6 Å². The van der Waals surface area contributed by atoms with Crippen LogP contribution in [0.25, 0.3) is 0 Å². The van der Waals surface area contributed by atoms with Crippen molar-refractivity contribution in [1.82, 2.24) is 14.9 Å². The summed E-state index contributed by atoms with van der Waals surface area (Å²) >= 11 is 0. The number of amides is 2. The Morgan fingerprint density at radius 2 is 1.90 bits per heavy atom. The van der Waals surface area contributed by atoms with E-state index < -0.39 is 27.9 Å². The molecule has 1 atom stereocenters. The number of fused-ring (bicyclic) bond motifs is 1. The summed E-state index contributed by atoms with van der Waals surface area (Å²) < 4.78 is 26.3. The number of benzene rings is 1. The number of hydrogen-bond acceptors (Lipinski definition) is 5. The molecule has 2 N–H and O–H groups in total. The van der Waals surface area contributed by atoms with Crippen LogP contribution in [0, 0.1) is 0 Å². The van der Waals surface area contributed by atoms with E-state index in [0.717, 1.165) is 22.0 Å². The summed E-state index contributed by atoms with van der Waals surface area (Å²) in [6, 6.07) is 3.98. The second-order valence-corrected chi connectivity index (χ2v) is 7.06. The molecule has 1 aromatic rings. The first-order valence-electron chi connectivity index (χ1n) is 6.57. The summed E-state index contributed by atoms with van der Waals surface area (Å²) in [5.74, 6) is -1.21. The van der Waals surface area contributed by atoms with E-state index in [1.54, 1.807) is 12.1 Å². The van der Waals surface area contributed by atoms with Gasteiger partial charge in [0.15, 0.2) is 0 Å². The van der Waals surface area contributed by atoms with Crippen LogP contribution in [0.1, 0.15) is 18.1 Å². The van der Waals surface area contributed by atoms with E-state index in [9.17, 15) is 18.0 Å². The number of hydrogen-bond donors (Lipinski definition) is 2. The van der Waals surface area contributed by atoms with Crippen LogP contribution in [-0.4, -0.2) is 37.1 Å². The summed E-state index contributed by atoms with van der Waals surface area (Å²) in [6.45, 7) is 2.46. The number of nitrogens with one attached hydrogen (secondary N) is 2. The highest BCUT2D eigenvalue weighted by Crippen LogP contribution is 2.24. The van der Waals surface area contributed by atoms with Gasteiger partial charge in [-0.2, -0.15) is 4.31 Å². The van der Waals surface area contributed by atoms with Gasteiger partial charge >= 0.3 is 0 Å². The van der Waals surface area contributed by atoms with Gasteiger partial charge in [-0.25, -0.2) is 8.42 Å². The number of imide groups is 1. The van der Waals surface area contributed by atoms with Gasteiger partial charge in [-0.1, -0.05) is 6.07 Å². The summed E-state index contributed by atoms with van der Waals surface area (Å²) in [6.07, 6.45) is 0. The van der Waals surface area contributed by atoms with Crippen LogP contribution in [0.5, 0.6) is 0 Å². The van der Waals surface area contributed by atoms with Crippen molar-refractivity contribution >= 4 is 21.8 Å². The summed E-state index contributed by atoms with van der Waals surface area (Å²) in [7, 11) is -3.87. The highest BCUT2D eigenvalue weighted by molar-refractivity contribution is 7.89. The lowest BCUT2D eigenvalue weighted by molar-refractivity contribution is -0.136. The fourth-order valence-electron chi connectivity index (χ4n) is 2.55. The predicted octanol–water partition coefficient (Wildman–Crippen LogP) is -0.675. The van der Waals surface area contributed by atoms with E-state index in [1.165, 1.54) is 13.0 Å². The van der Waals surface area contributed by atoms with E-state index >= 15 is 0 Å². The van der Waals surface area contributed by atoms with Gasteiger partial charge in [-0.3, -0.25) is 14.9 Å². The van der Waals surface area contributed by atoms with Gasteiger partial charge in [-0.05, 0) is 30.2 Å². The van der Waals surface area contributed by atoms with Gasteiger partial charge in [0.1, 0.15) is 6.04 Å². The molecule has 0 spiro atoms. The minimum atomic E-state index is -3.87. The fourth-order valence-corrected chi connectivity index (χ4v) is 4.15. The Hall–Kier alpha value is -1.77. The van der Waals surface area contributed by atoms with Crippen LogP contribution in [0.4, 0.5) is 0 Å². The van der Waals surface area contributed by atoms with Gasteiger partial charge in [0.25, 0.3) is 0 Å². The quantitative estimate of drug-likeness (QED) is 0.706. The molecule has 2 amide bonds. The van der Waals surface area contributed by atoms with E-state index in [0.29, 0.717) is 6.54 Å². The molecule has 0 radical (unpaired) electrons. The number of nitrogens with zero attached hydrogens (tertiary/aromatic N) is 1. The van der Waals surface area contributed by atoms with Gasteiger partial charge in [-0.15, -0.1) is 0 Å². The Morgan fingerprint density at radius 1 is 1.19 bits per heavy atom. The van der Waals surface area contributed by atoms with E-state index in [-0.39, 0.29) is 11.4 Å². The highest BCUT2D eigenvalue weighted by Gasteiger charge is 2.39. The normalized spacial score (nSPS) is 23.0. The average molecular weight is 309 g/mol. The molecule has 7 nitrogen and oxygen atoms in total. The third-order valence-corrected chi connectivity index (χ3v) is 5.70. The molecule has 1 aromatic carbocycles. The minimum Gasteiger partial charge on any atom is -0.309 e. The van der Waals surface area contributed by atoms with Crippen molar-refractivity contribution in [2.75, 3.05) is 6.54 Å². The number of sulfonamides is 1. The number of rotatable bonds is 2. The Balaban J connectivity index is 2.00. The van der Waals surface area contributed by atoms with Crippen LogP contribution in [-0.2, 0) is 32.7 Å². The smallest absolute Gasteiger partial charge is 0.244 e. The molecule has 8 heteroatoms. The SMILES string of the molecule is CC1C(=O)NC(=O)CN1S(=O)(=O)c1ccc2c(c1)CNC2. The van der Waals surface area contributed by atoms with Crippen LogP contribution in [0.2, 0.25) is 0 Å². The van der Waals surface area contributed by atoms with Crippen molar-refractivity contribution in [2.45, 2.75) is 31.0 Å². The second kappa shape index (κ2) is 4.90. The number of carbonyl (C=O) groups is 2. The lowest BCUT2D eigenvalue weighted by atomic mass is 10.1. The molecule has 3 rings (SSSR count). The molecule has 2 heterocycles. The first kappa shape index (κ1) is 14.2. The topological polar surface area (TPSA) is 95.6 Å². The van der Waals surface area contributed by atoms with Crippen LogP contribution >= 0.6 is 0 Å². The van der Waals surface area contributed by atoms with Crippen molar-refractivity contribution in [3.05, 3.63) is 29.3 Å². The average Bonchev–Trinajstić information content (AvgIpc) is 2.89. The van der Waals surface area contributed by atoms with Gasteiger partial charge in [0.05, 0.1) is 11.4 Å². The second-order valence-electron chi connectivity index (χ2n) is 5.17. The first-order chi connectivity index (χ1) is 9.89. The third kappa shape index (κ3) is 2.35. The Kier molecular flexibility index (Phi) is 3.31. The third-order valence-electron chi connectivity index (χ3n) is 3.79. The monoisotopic (exact) mass is 309 g/mol. The Labute approximate surface area is 122 Å². The fraction of sp³-hybridized carbons (Fsp3) is 0.385. The molecule has 1 saturated heterocycles. The molecule has 0 saturated carbocycles. The molecule has 0 aromatic heterocycles. The van der Waals surface area contributed by atoms with Crippen molar-refractivity contribution in [2.24, 2.45) is 0 Å². The molecule has 2 aliphatic heterocycles. The largest absolute Gasteiger partial charge is 0.309 e. The molecular weight excluding hydrogens is 294 g/mol. The zero-order chi connectivity index (χ0) is 15.2. The Bertz CT molecular complexity index is 729. The molecule has 112 valence electrons. The number of piperazine rings is 1. The number of carbonyl (C=O) groups excluding carboxylic acids is 2. The molecule has 2 aliphatic rings. The van der Waals surface area contributed by atoms with E-state index in [1.807, 2.05) is 0 Å². The molecular formula is C13H15N3O4S. The van der Waals surface area contributed by atoms with Crippen molar-refractivity contribution in [1.29, 1.82) is 0 Å². The first-order valence-corrected chi connectivity index (χ1v) is 8.01. The van der Waals surface area contributed by atoms with E-state index in [4.69, 9.17) is 0 Å². The van der Waals surface area contributed by atoms with Gasteiger partial charge in [0, 0.05) is 13.1 Å². The predicted molar refractivity (Wildman–Crippen MR) is 73.5 cm³/mol. The summed E-state index contributed by atoms with van der Waals surface area (Å²) in [5, 5.41) is 5.27. The highest BCUT2D eigenvalue weighted by atomic mass is 32.2. The molecule has 1 fully saturated rings. The molecule has 0 bridgehead atoms. The standard InChI is InChI=1S/C13H15N3O4S/c1-8-13(18)15-12(17)7-16(8)21(19,20)11-3-2-9-5-14-6-10(9)4-11/h2-4,8,14H,5-7H2,1H3,(H,15,17,18). The van der Waals surface area contributed by atoms with Crippen LogP contribution < -0.4 is 10.6 Å². The minimum absolute atomic E-state index is 0.110. The molecule has 1 unspecified atom stereocenters. The van der Waals surface area contributed by atoms with Crippen molar-refractivity contribution in [3.8, 4) is 0 Å². The maximum absolute atomic E-state index is 12.7. The van der Waals surface area contributed by atoms with Crippen LogP contribution in [0.3, 0.4) is 0 Å². The zero-order valence-electron chi connectivity index (χ0n) is 11.4. The summed E-state index contributed by atoms with van der Waals surface area (Å²) in [5.41, 5.74) is 1.99. The van der Waals surface area contributed by atoms with Crippen molar-refractivity contribution in [3.63, 3.8) is 0 Å². The zero-order valence-corrected chi connectivity index (χ0v) is 12.2. The maximum atomic E-state index is 12.7. The summed E-state index contributed by atoms with van der Waals surface area (Å²) in [4.78, 5) is 23.2.